The Morgan fingerprint density at radius 1 is 1.50 bits per heavy atom. The van der Waals surface area contributed by atoms with Crippen molar-refractivity contribution in [1.82, 2.24) is 14.7 Å². The molecule has 0 saturated heterocycles. The average molecular weight is 352 g/mol. The van der Waals surface area contributed by atoms with E-state index in [4.69, 9.17) is 16.3 Å². The third-order valence-corrected chi connectivity index (χ3v) is 4.68. The van der Waals surface area contributed by atoms with Crippen LogP contribution in [0.15, 0.2) is 18.3 Å². The molecule has 24 heavy (non-hydrogen) atoms. The number of nitrogens with zero attached hydrogens (tertiary/aromatic N) is 2. The van der Waals surface area contributed by atoms with Crippen molar-refractivity contribution >= 4 is 29.1 Å². The molecule has 1 aliphatic rings. The SMILES string of the molecule is CCc1nc2ccc(Cl)cn2c1C(=O)NC1(C(=O)O)CC(OC)C1. The van der Waals surface area contributed by atoms with E-state index in [-0.39, 0.29) is 18.9 Å². The molecule has 1 saturated carbocycles. The molecule has 0 aromatic carbocycles. The first-order valence-electron chi connectivity index (χ1n) is 7.65. The van der Waals surface area contributed by atoms with Gasteiger partial charge in [0.1, 0.15) is 16.9 Å². The highest BCUT2D eigenvalue weighted by molar-refractivity contribution is 6.30. The fourth-order valence-corrected chi connectivity index (χ4v) is 3.21. The highest BCUT2D eigenvalue weighted by atomic mass is 35.5. The van der Waals surface area contributed by atoms with E-state index in [1.54, 1.807) is 22.7 Å². The molecule has 1 amide bonds. The number of aliphatic carboxylic acids is 1. The number of methoxy groups -OCH3 is 1. The molecule has 0 bridgehead atoms. The van der Waals surface area contributed by atoms with Gasteiger partial charge in [-0.1, -0.05) is 18.5 Å². The monoisotopic (exact) mass is 351 g/mol. The lowest BCUT2D eigenvalue weighted by Gasteiger charge is -2.43. The third kappa shape index (κ3) is 2.63. The van der Waals surface area contributed by atoms with Crippen LogP contribution in [0, 0.1) is 0 Å². The summed E-state index contributed by atoms with van der Waals surface area (Å²) in [6.07, 6.45) is 2.46. The summed E-state index contributed by atoms with van der Waals surface area (Å²) in [5, 5.41) is 12.6. The Kier molecular flexibility index (Phi) is 4.23. The maximum Gasteiger partial charge on any atom is 0.329 e. The van der Waals surface area contributed by atoms with Gasteiger partial charge in [-0.15, -0.1) is 0 Å². The highest BCUT2D eigenvalue weighted by Gasteiger charge is 2.52. The summed E-state index contributed by atoms with van der Waals surface area (Å²) in [4.78, 5) is 28.8. The number of rotatable bonds is 5. The Hall–Kier alpha value is -2.12. The summed E-state index contributed by atoms with van der Waals surface area (Å²) in [5.74, 6) is -1.53. The van der Waals surface area contributed by atoms with Crippen molar-refractivity contribution in [3.8, 4) is 0 Å². The Morgan fingerprint density at radius 3 is 2.79 bits per heavy atom. The Balaban J connectivity index is 1.96. The van der Waals surface area contributed by atoms with Crippen LogP contribution in [0.25, 0.3) is 5.65 Å². The first-order chi connectivity index (χ1) is 11.4. The smallest absolute Gasteiger partial charge is 0.329 e. The number of halogens is 1. The van der Waals surface area contributed by atoms with Crippen LogP contribution in [0.2, 0.25) is 5.02 Å². The maximum absolute atomic E-state index is 12.8. The third-order valence-electron chi connectivity index (χ3n) is 4.45. The predicted octanol–water partition coefficient (Wildman–Crippen LogP) is 1.91. The number of hydrogen-bond acceptors (Lipinski definition) is 4. The number of pyridine rings is 1. The van der Waals surface area contributed by atoms with Gasteiger partial charge in [0.25, 0.3) is 5.91 Å². The van der Waals surface area contributed by atoms with Crippen molar-refractivity contribution in [3.05, 3.63) is 34.7 Å². The summed E-state index contributed by atoms with van der Waals surface area (Å²) >= 11 is 6.02. The molecule has 0 unspecified atom stereocenters. The number of aromatic nitrogens is 2. The fourth-order valence-electron chi connectivity index (χ4n) is 3.05. The molecule has 2 heterocycles. The molecular weight excluding hydrogens is 334 g/mol. The van der Waals surface area contributed by atoms with Crippen LogP contribution in [-0.4, -0.2) is 45.1 Å². The largest absolute Gasteiger partial charge is 0.480 e. The summed E-state index contributed by atoms with van der Waals surface area (Å²) < 4.78 is 6.74. The topological polar surface area (TPSA) is 92.9 Å². The van der Waals surface area contributed by atoms with Crippen molar-refractivity contribution in [3.63, 3.8) is 0 Å². The number of carbonyl (C=O) groups is 2. The zero-order valence-electron chi connectivity index (χ0n) is 13.4. The van der Waals surface area contributed by atoms with Crippen molar-refractivity contribution in [2.24, 2.45) is 0 Å². The van der Waals surface area contributed by atoms with Crippen LogP contribution in [0.1, 0.15) is 35.9 Å². The molecule has 8 heteroatoms. The van der Waals surface area contributed by atoms with Crippen LogP contribution in [0.5, 0.6) is 0 Å². The quantitative estimate of drug-likeness (QED) is 0.858. The molecule has 128 valence electrons. The second-order valence-corrected chi connectivity index (χ2v) is 6.38. The van der Waals surface area contributed by atoms with E-state index >= 15 is 0 Å². The minimum Gasteiger partial charge on any atom is -0.480 e. The van der Waals surface area contributed by atoms with Gasteiger partial charge in [-0.05, 0) is 18.6 Å². The van der Waals surface area contributed by atoms with E-state index < -0.39 is 17.4 Å². The lowest BCUT2D eigenvalue weighted by molar-refractivity contribution is -0.155. The highest BCUT2D eigenvalue weighted by Crippen LogP contribution is 2.35. The second kappa shape index (κ2) is 6.07. The second-order valence-electron chi connectivity index (χ2n) is 5.94. The van der Waals surface area contributed by atoms with E-state index in [2.05, 4.69) is 10.3 Å². The molecule has 1 fully saturated rings. The average Bonchev–Trinajstić information content (AvgIpc) is 2.87. The zero-order valence-corrected chi connectivity index (χ0v) is 14.1. The number of carbonyl (C=O) groups excluding carboxylic acids is 1. The first kappa shape index (κ1) is 16.7. The van der Waals surface area contributed by atoms with Gasteiger partial charge in [-0.3, -0.25) is 9.20 Å². The standard InChI is InChI=1S/C16H18ClN3O4/c1-3-11-13(20-8-9(17)4-5-12(20)18-11)14(21)19-16(15(22)23)6-10(7-16)24-2/h4-5,8,10H,3,6-7H2,1-2H3,(H,19,21)(H,22,23). The number of carboxylic acid groups (broad SMARTS) is 1. The lowest BCUT2D eigenvalue weighted by Crippen LogP contribution is -2.64. The zero-order chi connectivity index (χ0) is 17.5. The molecule has 0 radical (unpaired) electrons. The van der Waals surface area contributed by atoms with Crippen molar-refractivity contribution in [2.75, 3.05) is 7.11 Å². The van der Waals surface area contributed by atoms with Gasteiger partial charge in [0.2, 0.25) is 0 Å². The Bertz CT molecular complexity index is 811. The number of fused-ring (bicyclic) bond motifs is 1. The molecule has 3 rings (SSSR count). The van der Waals surface area contributed by atoms with Crippen LogP contribution >= 0.6 is 11.6 Å². The van der Waals surface area contributed by atoms with Crippen LogP contribution in [0.4, 0.5) is 0 Å². The van der Waals surface area contributed by atoms with E-state index in [1.807, 2.05) is 6.92 Å². The molecule has 0 atom stereocenters. The Labute approximate surface area is 143 Å². The van der Waals surface area contributed by atoms with Crippen LogP contribution in [0.3, 0.4) is 0 Å². The number of nitrogens with one attached hydrogen (secondary N) is 1. The predicted molar refractivity (Wildman–Crippen MR) is 87.4 cm³/mol. The number of ether oxygens (including phenoxy) is 1. The lowest BCUT2D eigenvalue weighted by atomic mass is 9.74. The minimum absolute atomic E-state index is 0.163. The molecule has 0 spiro atoms. The van der Waals surface area contributed by atoms with E-state index in [1.165, 1.54) is 7.11 Å². The van der Waals surface area contributed by atoms with Crippen molar-refractivity contribution in [2.45, 2.75) is 37.8 Å². The van der Waals surface area contributed by atoms with Crippen LogP contribution in [-0.2, 0) is 16.0 Å². The molecular formula is C16H18ClN3O4. The van der Waals surface area contributed by atoms with E-state index in [9.17, 15) is 14.7 Å². The first-order valence-corrected chi connectivity index (χ1v) is 8.03. The van der Waals surface area contributed by atoms with Gasteiger partial charge in [0.05, 0.1) is 16.8 Å². The van der Waals surface area contributed by atoms with Crippen LogP contribution < -0.4 is 5.32 Å². The van der Waals surface area contributed by atoms with Gasteiger partial charge < -0.3 is 15.2 Å². The summed E-state index contributed by atoms with van der Waals surface area (Å²) in [6.45, 7) is 1.89. The van der Waals surface area contributed by atoms with E-state index in [0.29, 0.717) is 28.5 Å². The molecule has 0 aliphatic heterocycles. The number of hydrogen-bond donors (Lipinski definition) is 2. The van der Waals surface area contributed by atoms with Crippen molar-refractivity contribution < 1.29 is 19.4 Å². The van der Waals surface area contributed by atoms with E-state index in [0.717, 1.165) is 0 Å². The number of imidazole rings is 1. The summed E-state index contributed by atoms with van der Waals surface area (Å²) in [6, 6.07) is 3.41. The number of carboxylic acids is 1. The minimum atomic E-state index is -1.30. The molecule has 7 nitrogen and oxygen atoms in total. The van der Waals surface area contributed by atoms with Gasteiger partial charge >= 0.3 is 5.97 Å². The van der Waals surface area contributed by atoms with Gasteiger partial charge in [0, 0.05) is 26.1 Å². The molecule has 2 aromatic heterocycles. The molecule has 2 aromatic rings. The Morgan fingerprint density at radius 2 is 2.21 bits per heavy atom. The normalized spacial score (nSPS) is 23.0. The summed E-state index contributed by atoms with van der Waals surface area (Å²) in [7, 11) is 1.53. The molecule has 2 N–H and O–H groups in total. The number of aryl methyl sites for hydroxylation is 1. The van der Waals surface area contributed by atoms with Gasteiger partial charge in [-0.2, -0.15) is 0 Å². The molecule has 1 aliphatic carbocycles. The maximum atomic E-state index is 12.8. The fraction of sp³-hybridized carbons (Fsp3) is 0.438. The van der Waals surface area contributed by atoms with Gasteiger partial charge in [-0.25, -0.2) is 9.78 Å². The number of amides is 1. The summed E-state index contributed by atoms with van der Waals surface area (Å²) in [5.41, 5.74) is 0.203. The van der Waals surface area contributed by atoms with Gasteiger partial charge in [0.15, 0.2) is 0 Å². The van der Waals surface area contributed by atoms with Crippen molar-refractivity contribution in [1.29, 1.82) is 0 Å².